The van der Waals surface area contributed by atoms with Gasteiger partial charge in [0.1, 0.15) is 5.75 Å². The monoisotopic (exact) mass is 429 g/mol. The van der Waals surface area contributed by atoms with Gasteiger partial charge in [0.2, 0.25) is 10.0 Å². The molecule has 7 nitrogen and oxygen atoms in total. The van der Waals surface area contributed by atoms with Crippen LogP contribution < -0.4 is 9.57 Å². The van der Waals surface area contributed by atoms with Crippen LogP contribution in [0, 0.1) is 0 Å². The summed E-state index contributed by atoms with van der Waals surface area (Å²) in [6.07, 6.45) is 4.20. The first kappa shape index (κ1) is 20.7. The van der Waals surface area contributed by atoms with Crippen LogP contribution in [0.3, 0.4) is 0 Å². The lowest BCUT2D eigenvalue weighted by molar-refractivity contribution is 0.182. The highest BCUT2D eigenvalue weighted by Gasteiger charge is 2.39. The maximum Gasteiger partial charge on any atom is 0.335 e. The number of rotatable bonds is 8. The molecule has 1 saturated heterocycles. The Kier molecular flexibility index (Phi) is 5.71. The predicted octanol–water partition coefficient (Wildman–Crippen LogP) is 3.06. The number of nitrogens with one attached hydrogen (secondary N) is 1. The van der Waals surface area contributed by atoms with Crippen LogP contribution >= 0.6 is 0 Å². The number of carbonyl (C=O) groups excluding carboxylic acids is 1. The van der Waals surface area contributed by atoms with Crippen molar-refractivity contribution in [2.24, 2.45) is 0 Å². The van der Waals surface area contributed by atoms with Gasteiger partial charge in [0.05, 0.1) is 26.0 Å². The molecule has 1 saturated carbocycles. The fourth-order valence-corrected chi connectivity index (χ4v) is 4.45. The van der Waals surface area contributed by atoms with Gasteiger partial charge in [-0.05, 0) is 54.0 Å². The van der Waals surface area contributed by atoms with Gasteiger partial charge >= 0.3 is 6.03 Å². The number of benzene rings is 2. The Morgan fingerprint density at radius 3 is 2.23 bits per heavy atom. The summed E-state index contributed by atoms with van der Waals surface area (Å²) < 4.78 is 28.6. The maximum absolute atomic E-state index is 13.0. The number of hydrazine groups is 1. The van der Waals surface area contributed by atoms with Gasteiger partial charge < -0.3 is 9.64 Å². The number of hydrogen-bond acceptors (Lipinski definition) is 4. The standard InChI is InChI=1S/C22H27N3O4S/c1-29-20-11-3-16(4-12-20)13-14-24-21(15-25(22(24)26)23-30(2,27)28)19-9-7-18(8-10-19)17-5-6-17/h3-4,7-12,17,21,23H,5-6,13-15H2,1-2H3/t21-/m1/s1. The van der Waals surface area contributed by atoms with E-state index in [1.807, 2.05) is 24.3 Å². The lowest BCUT2D eigenvalue weighted by Gasteiger charge is -2.23. The van der Waals surface area contributed by atoms with Crippen molar-refractivity contribution in [1.29, 1.82) is 0 Å². The van der Waals surface area contributed by atoms with Crippen molar-refractivity contribution < 1.29 is 17.9 Å². The zero-order chi connectivity index (χ0) is 21.3. The highest BCUT2D eigenvalue weighted by Crippen LogP contribution is 2.40. The van der Waals surface area contributed by atoms with E-state index in [0.717, 1.165) is 23.1 Å². The van der Waals surface area contributed by atoms with Crippen LogP contribution in [0.15, 0.2) is 48.5 Å². The highest BCUT2D eigenvalue weighted by atomic mass is 32.2. The molecule has 0 spiro atoms. The molecule has 160 valence electrons. The average Bonchev–Trinajstić information content (AvgIpc) is 3.53. The number of methoxy groups -OCH3 is 1. The van der Waals surface area contributed by atoms with Crippen molar-refractivity contribution in [3.05, 3.63) is 65.2 Å². The van der Waals surface area contributed by atoms with Gasteiger partial charge in [0, 0.05) is 6.54 Å². The van der Waals surface area contributed by atoms with E-state index in [-0.39, 0.29) is 18.6 Å². The molecule has 4 rings (SSSR count). The number of amides is 2. The van der Waals surface area contributed by atoms with Gasteiger partial charge in [-0.15, -0.1) is 4.83 Å². The second kappa shape index (κ2) is 8.28. The zero-order valence-electron chi connectivity index (χ0n) is 17.2. The summed E-state index contributed by atoms with van der Waals surface area (Å²) in [4.78, 5) is 17.1. The summed E-state index contributed by atoms with van der Waals surface area (Å²) in [6, 6.07) is 15.6. The third-order valence-corrected chi connectivity index (χ3v) is 6.21. The molecule has 0 bridgehead atoms. The van der Waals surface area contributed by atoms with Crippen molar-refractivity contribution in [1.82, 2.24) is 14.7 Å². The molecule has 2 aliphatic rings. The van der Waals surface area contributed by atoms with Gasteiger partial charge in [-0.25, -0.2) is 18.2 Å². The number of hydrogen-bond donors (Lipinski definition) is 1. The molecule has 0 aromatic heterocycles. The van der Waals surface area contributed by atoms with Crippen LogP contribution in [0.25, 0.3) is 0 Å². The summed E-state index contributed by atoms with van der Waals surface area (Å²) >= 11 is 0. The van der Waals surface area contributed by atoms with Crippen molar-refractivity contribution in [3.8, 4) is 5.75 Å². The van der Waals surface area contributed by atoms with Crippen molar-refractivity contribution >= 4 is 16.1 Å². The summed E-state index contributed by atoms with van der Waals surface area (Å²) in [7, 11) is -1.91. The molecule has 8 heteroatoms. The minimum absolute atomic E-state index is 0.210. The molecule has 2 aromatic rings. The second-order valence-electron chi connectivity index (χ2n) is 8.00. The van der Waals surface area contributed by atoms with E-state index in [2.05, 4.69) is 29.1 Å². The molecule has 1 aliphatic carbocycles. The number of ether oxygens (including phenoxy) is 1. The van der Waals surface area contributed by atoms with E-state index in [9.17, 15) is 13.2 Å². The van der Waals surface area contributed by atoms with Crippen LogP contribution in [0.1, 0.15) is 41.5 Å². The van der Waals surface area contributed by atoms with E-state index < -0.39 is 10.0 Å². The number of sulfonamides is 1. The van der Waals surface area contributed by atoms with E-state index in [4.69, 9.17) is 4.74 Å². The fraction of sp³-hybridized carbons (Fsp3) is 0.409. The second-order valence-corrected chi connectivity index (χ2v) is 9.73. The average molecular weight is 430 g/mol. The number of carbonyl (C=O) groups is 1. The van der Waals surface area contributed by atoms with Gasteiger partial charge in [0.15, 0.2) is 0 Å². The van der Waals surface area contributed by atoms with E-state index in [0.29, 0.717) is 18.9 Å². The molecule has 30 heavy (non-hydrogen) atoms. The van der Waals surface area contributed by atoms with Crippen molar-refractivity contribution in [3.63, 3.8) is 0 Å². The summed E-state index contributed by atoms with van der Waals surface area (Å²) in [6.45, 7) is 0.763. The van der Waals surface area contributed by atoms with Gasteiger partial charge in [-0.1, -0.05) is 36.4 Å². The quantitative estimate of drug-likeness (QED) is 0.700. The minimum Gasteiger partial charge on any atom is -0.497 e. The van der Waals surface area contributed by atoms with Crippen LogP contribution in [-0.4, -0.2) is 50.8 Å². The number of nitrogens with zero attached hydrogens (tertiary/aromatic N) is 2. The van der Waals surface area contributed by atoms with Gasteiger partial charge in [-0.3, -0.25) is 0 Å². The molecule has 2 fully saturated rings. The molecule has 1 atom stereocenters. The van der Waals surface area contributed by atoms with Crippen LogP contribution in [0.2, 0.25) is 0 Å². The van der Waals surface area contributed by atoms with Crippen LogP contribution in [-0.2, 0) is 16.4 Å². The number of urea groups is 1. The summed E-state index contributed by atoms with van der Waals surface area (Å²) in [5, 5.41) is 1.20. The molecule has 1 N–H and O–H groups in total. The maximum atomic E-state index is 13.0. The molecule has 2 aromatic carbocycles. The third-order valence-electron chi connectivity index (χ3n) is 5.65. The normalized spacial score (nSPS) is 19.4. The summed E-state index contributed by atoms with van der Waals surface area (Å²) in [5.41, 5.74) is 3.43. The Morgan fingerprint density at radius 1 is 1.03 bits per heavy atom. The molecule has 0 radical (unpaired) electrons. The molecular weight excluding hydrogens is 402 g/mol. The zero-order valence-corrected chi connectivity index (χ0v) is 18.1. The van der Waals surface area contributed by atoms with Crippen LogP contribution in [0.5, 0.6) is 5.75 Å². The van der Waals surface area contributed by atoms with Crippen molar-refractivity contribution in [2.45, 2.75) is 31.2 Å². The molecule has 1 aliphatic heterocycles. The highest BCUT2D eigenvalue weighted by molar-refractivity contribution is 7.88. The van der Waals surface area contributed by atoms with E-state index >= 15 is 0 Å². The predicted molar refractivity (Wildman–Crippen MR) is 115 cm³/mol. The topological polar surface area (TPSA) is 79.0 Å². The Labute approximate surface area is 177 Å². The molecule has 0 unspecified atom stereocenters. The van der Waals surface area contributed by atoms with Gasteiger partial charge in [0.25, 0.3) is 0 Å². The lowest BCUT2D eigenvalue weighted by Crippen LogP contribution is -2.44. The Morgan fingerprint density at radius 2 is 1.67 bits per heavy atom. The van der Waals surface area contributed by atoms with Crippen molar-refractivity contribution in [2.75, 3.05) is 26.5 Å². The molecule has 2 amide bonds. The first-order valence-electron chi connectivity index (χ1n) is 10.1. The smallest absolute Gasteiger partial charge is 0.335 e. The fourth-order valence-electron chi connectivity index (χ4n) is 3.90. The Bertz CT molecular complexity index is 1000. The summed E-state index contributed by atoms with van der Waals surface area (Å²) in [5.74, 6) is 1.45. The third kappa shape index (κ3) is 4.76. The first-order chi connectivity index (χ1) is 14.3. The van der Waals surface area contributed by atoms with E-state index in [1.165, 1.54) is 23.4 Å². The molecule has 1 heterocycles. The SMILES string of the molecule is COc1ccc(CCN2C(=O)N(NS(C)(=O)=O)C[C@@H]2c2ccc(C3CC3)cc2)cc1. The Balaban J connectivity index is 1.53. The van der Waals surface area contributed by atoms with Crippen LogP contribution in [0.4, 0.5) is 4.79 Å². The lowest BCUT2D eigenvalue weighted by atomic mass is 10.0. The van der Waals surface area contributed by atoms with Gasteiger partial charge in [-0.2, -0.15) is 0 Å². The Hall–Kier alpha value is -2.58. The van der Waals surface area contributed by atoms with E-state index in [1.54, 1.807) is 12.0 Å². The first-order valence-corrected chi connectivity index (χ1v) is 12.0. The molecular formula is C22H27N3O4S. The largest absolute Gasteiger partial charge is 0.497 e. The minimum atomic E-state index is -3.54.